The molecule has 0 aliphatic heterocycles. The van der Waals surface area contributed by atoms with Gasteiger partial charge in [-0.3, -0.25) is 4.79 Å². The van der Waals surface area contributed by atoms with E-state index >= 15 is 0 Å². The predicted molar refractivity (Wildman–Crippen MR) is 91.1 cm³/mol. The van der Waals surface area contributed by atoms with Crippen LogP contribution in [0.2, 0.25) is 5.02 Å². The third-order valence-electron chi connectivity index (χ3n) is 3.82. The van der Waals surface area contributed by atoms with E-state index in [1.54, 1.807) is 23.0 Å². The summed E-state index contributed by atoms with van der Waals surface area (Å²) < 4.78 is 1.69. The number of aromatic nitrogens is 2. The molecule has 6 heteroatoms. The average molecular weight is 336 g/mol. The van der Waals surface area contributed by atoms with Gasteiger partial charge in [-0.25, -0.2) is 4.68 Å². The smallest absolute Gasteiger partial charge is 0.254 e. The highest BCUT2D eigenvalue weighted by Crippen LogP contribution is 2.20. The second-order valence-electron chi connectivity index (χ2n) is 6.36. The Labute approximate surface area is 141 Å². The molecule has 1 aromatic carbocycles. The van der Waals surface area contributed by atoms with Gasteiger partial charge in [-0.2, -0.15) is 5.10 Å². The van der Waals surface area contributed by atoms with Crippen LogP contribution in [-0.4, -0.2) is 33.9 Å². The van der Waals surface area contributed by atoms with E-state index in [4.69, 9.17) is 16.7 Å². The fourth-order valence-corrected chi connectivity index (χ4v) is 2.49. The van der Waals surface area contributed by atoms with Crippen molar-refractivity contribution in [2.45, 2.75) is 27.2 Å². The van der Waals surface area contributed by atoms with Crippen LogP contribution in [0, 0.1) is 12.3 Å². The Morgan fingerprint density at radius 1 is 1.43 bits per heavy atom. The lowest BCUT2D eigenvalue weighted by Gasteiger charge is -2.23. The summed E-state index contributed by atoms with van der Waals surface area (Å²) in [5, 5.41) is 16.9. The van der Waals surface area contributed by atoms with E-state index in [1.807, 2.05) is 32.9 Å². The first-order chi connectivity index (χ1) is 10.8. The van der Waals surface area contributed by atoms with Gasteiger partial charge in [0.2, 0.25) is 0 Å². The van der Waals surface area contributed by atoms with Crippen molar-refractivity contribution < 1.29 is 9.90 Å². The Morgan fingerprint density at radius 2 is 2.17 bits per heavy atom. The van der Waals surface area contributed by atoms with Crippen LogP contribution >= 0.6 is 11.6 Å². The summed E-state index contributed by atoms with van der Waals surface area (Å²) in [6.45, 7) is 6.46. The fourth-order valence-electron chi connectivity index (χ4n) is 2.31. The van der Waals surface area contributed by atoms with Crippen molar-refractivity contribution >= 4 is 17.5 Å². The van der Waals surface area contributed by atoms with E-state index < -0.39 is 0 Å². The maximum atomic E-state index is 12.4. The number of nitrogens with one attached hydrogen (secondary N) is 1. The zero-order chi connectivity index (χ0) is 17.0. The second-order valence-corrected chi connectivity index (χ2v) is 6.79. The molecule has 0 unspecified atom stereocenters. The Morgan fingerprint density at radius 3 is 2.83 bits per heavy atom. The van der Waals surface area contributed by atoms with Gasteiger partial charge in [0, 0.05) is 18.2 Å². The van der Waals surface area contributed by atoms with Gasteiger partial charge >= 0.3 is 0 Å². The molecule has 2 N–H and O–H groups in total. The van der Waals surface area contributed by atoms with Gasteiger partial charge in [-0.1, -0.05) is 31.5 Å². The Hall–Kier alpha value is -1.85. The normalized spacial score (nSPS) is 11.5. The topological polar surface area (TPSA) is 67.2 Å². The summed E-state index contributed by atoms with van der Waals surface area (Å²) >= 11 is 6.01. The highest BCUT2D eigenvalue weighted by atomic mass is 35.5. The molecule has 2 rings (SSSR count). The van der Waals surface area contributed by atoms with Gasteiger partial charge in [0.1, 0.15) is 0 Å². The number of aliphatic hydroxyl groups excluding tert-OH is 1. The van der Waals surface area contributed by atoms with Crippen molar-refractivity contribution in [1.29, 1.82) is 0 Å². The Kier molecular flexibility index (Phi) is 5.44. The van der Waals surface area contributed by atoms with Crippen molar-refractivity contribution in [1.82, 2.24) is 15.1 Å². The second kappa shape index (κ2) is 7.15. The van der Waals surface area contributed by atoms with Crippen molar-refractivity contribution in [3.8, 4) is 5.69 Å². The quantitative estimate of drug-likeness (QED) is 0.852. The third kappa shape index (κ3) is 4.33. The van der Waals surface area contributed by atoms with Gasteiger partial charge in [-0.15, -0.1) is 0 Å². The summed E-state index contributed by atoms with van der Waals surface area (Å²) in [4.78, 5) is 12.4. The zero-order valence-electron chi connectivity index (χ0n) is 13.6. The van der Waals surface area contributed by atoms with E-state index in [1.165, 1.54) is 0 Å². The molecule has 0 aliphatic rings. The summed E-state index contributed by atoms with van der Waals surface area (Å²) in [7, 11) is 0. The van der Waals surface area contributed by atoms with E-state index in [2.05, 4.69) is 10.4 Å². The molecule has 0 bridgehead atoms. The van der Waals surface area contributed by atoms with Gasteiger partial charge in [0.25, 0.3) is 5.91 Å². The number of carbonyl (C=O) groups is 1. The highest BCUT2D eigenvalue weighted by Gasteiger charge is 2.20. The summed E-state index contributed by atoms with van der Waals surface area (Å²) in [6.07, 6.45) is 2.19. The molecule has 1 amide bonds. The molecular weight excluding hydrogens is 314 g/mol. The minimum Gasteiger partial charge on any atom is -0.396 e. The van der Waals surface area contributed by atoms with Crippen molar-refractivity contribution in [3.05, 3.63) is 46.7 Å². The number of carbonyl (C=O) groups excluding carboxylic acids is 1. The number of aliphatic hydroxyl groups is 1. The average Bonchev–Trinajstić information content (AvgIpc) is 2.87. The van der Waals surface area contributed by atoms with E-state index in [0.29, 0.717) is 23.6 Å². The van der Waals surface area contributed by atoms with Crippen LogP contribution in [-0.2, 0) is 0 Å². The van der Waals surface area contributed by atoms with Crippen molar-refractivity contribution in [2.24, 2.45) is 5.41 Å². The maximum absolute atomic E-state index is 12.4. The molecule has 0 spiro atoms. The standard InChI is InChI=1S/C17H22ClN3O2/c1-12-15(16(23)19-11-17(2,3)7-8-22)10-20-21(12)14-6-4-5-13(18)9-14/h4-6,9-10,22H,7-8,11H2,1-3H3,(H,19,23). The minimum atomic E-state index is -0.165. The molecule has 23 heavy (non-hydrogen) atoms. The number of nitrogens with zero attached hydrogens (tertiary/aromatic N) is 2. The first-order valence-corrected chi connectivity index (χ1v) is 7.91. The SMILES string of the molecule is Cc1c(C(=O)NCC(C)(C)CCO)cnn1-c1cccc(Cl)c1. The van der Waals surface area contributed by atoms with Crippen LogP contribution in [0.5, 0.6) is 0 Å². The summed E-state index contributed by atoms with van der Waals surface area (Å²) in [5.74, 6) is -0.165. The molecule has 0 fully saturated rings. The molecule has 1 aromatic heterocycles. The zero-order valence-corrected chi connectivity index (χ0v) is 14.4. The monoisotopic (exact) mass is 335 g/mol. The Balaban J connectivity index is 2.14. The van der Waals surface area contributed by atoms with E-state index in [9.17, 15) is 4.79 Å². The van der Waals surface area contributed by atoms with Gasteiger partial charge in [0.15, 0.2) is 0 Å². The molecule has 0 radical (unpaired) electrons. The van der Waals surface area contributed by atoms with Gasteiger partial charge in [0.05, 0.1) is 23.1 Å². The van der Waals surface area contributed by atoms with Crippen molar-refractivity contribution in [2.75, 3.05) is 13.2 Å². The molecular formula is C17H22ClN3O2. The molecule has 5 nitrogen and oxygen atoms in total. The first-order valence-electron chi connectivity index (χ1n) is 7.54. The highest BCUT2D eigenvalue weighted by molar-refractivity contribution is 6.30. The molecule has 0 saturated heterocycles. The first kappa shape index (κ1) is 17.5. The number of hydrogen-bond acceptors (Lipinski definition) is 3. The van der Waals surface area contributed by atoms with Crippen LogP contribution in [0.3, 0.4) is 0 Å². The van der Waals surface area contributed by atoms with Crippen molar-refractivity contribution in [3.63, 3.8) is 0 Å². The molecule has 1 heterocycles. The predicted octanol–water partition coefficient (Wildman–Crippen LogP) is 2.97. The third-order valence-corrected chi connectivity index (χ3v) is 4.06. The van der Waals surface area contributed by atoms with Crippen LogP contribution in [0.4, 0.5) is 0 Å². The molecule has 0 atom stereocenters. The van der Waals surface area contributed by atoms with Crippen LogP contribution in [0.15, 0.2) is 30.5 Å². The summed E-state index contributed by atoms with van der Waals surface area (Å²) in [6, 6.07) is 7.32. The fraction of sp³-hybridized carbons (Fsp3) is 0.412. The lowest BCUT2D eigenvalue weighted by molar-refractivity contribution is 0.0927. The van der Waals surface area contributed by atoms with E-state index in [-0.39, 0.29) is 17.9 Å². The summed E-state index contributed by atoms with van der Waals surface area (Å²) in [5.41, 5.74) is 1.95. The number of rotatable bonds is 6. The molecule has 2 aromatic rings. The molecule has 0 saturated carbocycles. The number of benzene rings is 1. The van der Waals surface area contributed by atoms with Crippen LogP contribution in [0.1, 0.15) is 36.3 Å². The molecule has 124 valence electrons. The molecule has 0 aliphatic carbocycles. The lowest BCUT2D eigenvalue weighted by atomic mass is 9.89. The van der Waals surface area contributed by atoms with Crippen LogP contribution < -0.4 is 5.32 Å². The minimum absolute atomic E-state index is 0.106. The number of hydrogen-bond donors (Lipinski definition) is 2. The van der Waals surface area contributed by atoms with Gasteiger partial charge in [-0.05, 0) is 37.0 Å². The Bertz CT molecular complexity index is 695. The van der Waals surface area contributed by atoms with E-state index in [0.717, 1.165) is 11.4 Å². The number of halogens is 1. The lowest BCUT2D eigenvalue weighted by Crippen LogP contribution is -2.34. The maximum Gasteiger partial charge on any atom is 0.254 e. The van der Waals surface area contributed by atoms with Crippen LogP contribution in [0.25, 0.3) is 5.69 Å². The largest absolute Gasteiger partial charge is 0.396 e. The van der Waals surface area contributed by atoms with Gasteiger partial charge < -0.3 is 10.4 Å². The number of amides is 1.